The molecule has 1 saturated heterocycles. The fourth-order valence-electron chi connectivity index (χ4n) is 2.65. The summed E-state index contributed by atoms with van der Waals surface area (Å²) in [6.45, 7) is 3.53. The van der Waals surface area contributed by atoms with Gasteiger partial charge in [0, 0.05) is 32.6 Å². The molecule has 20 heavy (non-hydrogen) atoms. The number of rotatable bonds is 4. The van der Waals surface area contributed by atoms with Crippen LogP contribution in [0.15, 0.2) is 24.5 Å². The van der Waals surface area contributed by atoms with Gasteiger partial charge in [-0.2, -0.15) is 0 Å². The lowest BCUT2D eigenvalue weighted by Gasteiger charge is -2.27. The number of fused-ring (bicyclic) bond motifs is 1. The van der Waals surface area contributed by atoms with Crippen molar-refractivity contribution >= 4 is 16.9 Å². The van der Waals surface area contributed by atoms with Crippen LogP contribution in [0.3, 0.4) is 0 Å². The minimum Gasteiger partial charge on any atom is -0.345 e. The molecule has 2 aromatic rings. The van der Waals surface area contributed by atoms with Crippen molar-refractivity contribution in [3.63, 3.8) is 0 Å². The summed E-state index contributed by atoms with van der Waals surface area (Å²) < 4.78 is 0. The Morgan fingerprint density at radius 1 is 1.30 bits per heavy atom. The molecule has 5 heteroatoms. The van der Waals surface area contributed by atoms with Crippen LogP contribution in [0.4, 0.5) is 0 Å². The van der Waals surface area contributed by atoms with Crippen LogP contribution >= 0.6 is 0 Å². The summed E-state index contributed by atoms with van der Waals surface area (Å²) >= 11 is 0. The van der Waals surface area contributed by atoms with E-state index in [0.29, 0.717) is 6.42 Å². The number of carbonyl (C=O) groups is 1. The van der Waals surface area contributed by atoms with Crippen LogP contribution in [0.25, 0.3) is 11.0 Å². The number of nitrogens with one attached hydrogen (secondary N) is 2. The molecule has 0 radical (unpaired) electrons. The number of hydrogen-bond acceptors (Lipinski definition) is 3. The number of imidazole rings is 1. The predicted molar refractivity (Wildman–Crippen MR) is 78.5 cm³/mol. The normalized spacial score (nSPS) is 15.7. The van der Waals surface area contributed by atoms with Crippen molar-refractivity contribution in [2.75, 3.05) is 26.2 Å². The molecule has 0 spiro atoms. The highest BCUT2D eigenvalue weighted by Crippen LogP contribution is 2.14. The number of H-pyrrole nitrogens is 1. The number of aryl methyl sites for hydroxylation is 1. The zero-order chi connectivity index (χ0) is 13.8. The van der Waals surface area contributed by atoms with E-state index >= 15 is 0 Å². The largest absolute Gasteiger partial charge is 0.345 e. The summed E-state index contributed by atoms with van der Waals surface area (Å²) in [5.41, 5.74) is 3.32. The Hall–Kier alpha value is -1.88. The Morgan fingerprint density at radius 2 is 2.15 bits per heavy atom. The van der Waals surface area contributed by atoms with Gasteiger partial charge in [0.05, 0.1) is 17.4 Å². The SMILES string of the molecule is O=C(CCCc1ccc2nc[nH]c2c1)N1CCNCC1. The van der Waals surface area contributed by atoms with Crippen molar-refractivity contribution in [2.45, 2.75) is 19.3 Å². The molecule has 3 rings (SSSR count). The van der Waals surface area contributed by atoms with Crippen LogP contribution in [-0.4, -0.2) is 47.0 Å². The molecule has 1 aromatic carbocycles. The van der Waals surface area contributed by atoms with Gasteiger partial charge in [-0.1, -0.05) is 6.07 Å². The number of aromatic nitrogens is 2. The van der Waals surface area contributed by atoms with E-state index in [0.717, 1.165) is 50.1 Å². The maximum atomic E-state index is 12.0. The van der Waals surface area contributed by atoms with E-state index in [-0.39, 0.29) is 5.91 Å². The van der Waals surface area contributed by atoms with Gasteiger partial charge in [0.25, 0.3) is 0 Å². The third-order valence-electron chi connectivity index (χ3n) is 3.81. The second kappa shape index (κ2) is 6.05. The van der Waals surface area contributed by atoms with Crippen LogP contribution in [0.5, 0.6) is 0 Å². The summed E-state index contributed by atoms with van der Waals surface area (Å²) in [6, 6.07) is 6.25. The first-order chi connectivity index (χ1) is 9.83. The van der Waals surface area contributed by atoms with Gasteiger partial charge in [-0.05, 0) is 30.5 Å². The summed E-state index contributed by atoms with van der Waals surface area (Å²) in [5.74, 6) is 0.286. The van der Waals surface area contributed by atoms with Gasteiger partial charge in [-0.25, -0.2) is 4.98 Å². The van der Waals surface area contributed by atoms with Gasteiger partial charge in [-0.3, -0.25) is 4.79 Å². The average Bonchev–Trinajstić information content (AvgIpc) is 2.95. The molecule has 1 aromatic heterocycles. The van der Waals surface area contributed by atoms with Crippen LogP contribution in [-0.2, 0) is 11.2 Å². The first-order valence-electron chi connectivity index (χ1n) is 7.23. The lowest BCUT2D eigenvalue weighted by atomic mass is 10.1. The minimum atomic E-state index is 0.286. The average molecular weight is 272 g/mol. The van der Waals surface area contributed by atoms with Crippen molar-refractivity contribution in [3.8, 4) is 0 Å². The van der Waals surface area contributed by atoms with Crippen LogP contribution in [0.1, 0.15) is 18.4 Å². The third kappa shape index (κ3) is 2.99. The van der Waals surface area contributed by atoms with Gasteiger partial charge >= 0.3 is 0 Å². The van der Waals surface area contributed by atoms with Crippen LogP contribution < -0.4 is 5.32 Å². The Bertz CT molecular complexity index is 586. The topological polar surface area (TPSA) is 61.0 Å². The molecule has 5 nitrogen and oxygen atoms in total. The van der Waals surface area contributed by atoms with Crippen molar-refractivity contribution in [1.82, 2.24) is 20.2 Å². The molecule has 1 fully saturated rings. The van der Waals surface area contributed by atoms with Crippen molar-refractivity contribution in [1.29, 1.82) is 0 Å². The van der Waals surface area contributed by atoms with Gasteiger partial charge in [0.1, 0.15) is 0 Å². The van der Waals surface area contributed by atoms with Gasteiger partial charge in [-0.15, -0.1) is 0 Å². The van der Waals surface area contributed by atoms with Crippen molar-refractivity contribution in [2.24, 2.45) is 0 Å². The molecular weight excluding hydrogens is 252 g/mol. The third-order valence-corrected chi connectivity index (χ3v) is 3.81. The second-order valence-corrected chi connectivity index (χ2v) is 5.24. The van der Waals surface area contributed by atoms with E-state index in [4.69, 9.17) is 0 Å². The maximum absolute atomic E-state index is 12.0. The van der Waals surface area contributed by atoms with Crippen LogP contribution in [0, 0.1) is 0 Å². The van der Waals surface area contributed by atoms with E-state index in [9.17, 15) is 4.79 Å². The summed E-state index contributed by atoms with van der Waals surface area (Å²) in [5, 5.41) is 3.26. The van der Waals surface area contributed by atoms with E-state index in [1.54, 1.807) is 6.33 Å². The van der Waals surface area contributed by atoms with E-state index < -0.39 is 0 Å². The molecule has 0 aliphatic carbocycles. The smallest absolute Gasteiger partial charge is 0.222 e. The quantitative estimate of drug-likeness (QED) is 0.882. The highest BCUT2D eigenvalue weighted by molar-refractivity contribution is 5.76. The van der Waals surface area contributed by atoms with Crippen molar-refractivity contribution < 1.29 is 4.79 Å². The van der Waals surface area contributed by atoms with Gasteiger partial charge in [0.15, 0.2) is 0 Å². The molecule has 2 heterocycles. The van der Waals surface area contributed by atoms with Gasteiger partial charge in [0.2, 0.25) is 5.91 Å². The lowest BCUT2D eigenvalue weighted by molar-refractivity contribution is -0.131. The highest BCUT2D eigenvalue weighted by atomic mass is 16.2. The Balaban J connectivity index is 1.50. The molecule has 106 valence electrons. The maximum Gasteiger partial charge on any atom is 0.222 e. The summed E-state index contributed by atoms with van der Waals surface area (Å²) in [7, 11) is 0. The second-order valence-electron chi connectivity index (χ2n) is 5.24. The molecule has 0 saturated carbocycles. The molecule has 0 unspecified atom stereocenters. The first kappa shape index (κ1) is 13.1. The fraction of sp³-hybridized carbons (Fsp3) is 0.467. The summed E-state index contributed by atoms with van der Waals surface area (Å²) in [6.07, 6.45) is 4.19. The number of carbonyl (C=O) groups excluding carboxylic acids is 1. The lowest BCUT2D eigenvalue weighted by Crippen LogP contribution is -2.46. The molecule has 0 bridgehead atoms. The minimum absolute atomic E-state index is 0.286. The van der Waals surface area contributed by atoms with Crippen molar-refractivity contribution in [3.05, 3.63) is 30.1 Å². The number of amides is 1. The zero-order valence-corrected chi connectivity index (χ0v) is 11.6. The van der Waals surface area contributed by atoms with E-state index in [1.165, 1.54) is 5.56 Å². The van der Waals surface area contributed by atoms with E-state index in [1.807, 2.05) is 11.0 Å². The standard InChI is InChI=1S/C15H20N4O/c20-15(19-8-6-16-7-9-19)3-1-2-12-4-5-13-14(10-12)18-11-17-13/h4-5,10-11,16H,1-3,6-9H2,(H,17,18). The zero-order valence-electron chi connectivity index (χ0n) is 11.6. The Kier molecular flexibility index (Phi) is 3.97. The highest BCUT2D eigenvalue weighted by Gasteiger charge is 2.15. The van der Waals surface area contributed by atoms with Crippen LogP contribution in [0.2, 0.25) is 0 Å². The Morgan fingerprint density at radius 3 is 3.00 bits per heavy atom. The molecule has 1 amide bonds. The monoisotopic (exact) mass is 272 g/mol. The number of aromatic amines is 1. The molecule has 0 atom stereocenters. The molecule has 1 aliphatic rings. The van der Waals surface area contributed by atoms with Gasteiger partial charge < -0.3 is 15.2 Å². The number of piperazine rings is 1. The van der Waals surface area contributed by atoms with E-state index in [2.05, 4.69) is 27.4 Å². The number of benzene rings is 1. The fourth-order valence-corrected chi connectivity index (χ4v) is 2.65. The first-order valence-corrected chi connectivity index (χ1v) is 7.23. The number of hydrogen-bond donors (Lipinski definition) is 2. The molecule has 2 N–H and O–H groups in total. The Labute approximate surface area is 118 Å². The summed E-state index contributed by atoms with van der Waals surface area (Å²) in [4.78, 5) is 21.3. The molecule has 1 aliphatic heterocycles. The number of nitrogens with zero attached hydrogens (tertiary/aromatic N) is 2. The predicted octanol–water partition coefficient (Wildman–Crippen LogP) is 1.32. The molecular formula is C15H20N4O.